The highest BCUT2D eigenvalue weighted by atomic mass is 16.5. The summed E-state index contributed by atoms with van der Waals surface area (Å²) in [6.45, 7) is 0.645. The number of hydrogen-bond acceptors (Lipinski definition) is 7. The Morgan fingerprint density at radius 2 is 1.92 bits per heavy atom. The topological polar surface area (TPSA) is 112 Å². The number of pyridine rings is 1. The molecule has 0 fully saturated rings. The molecule has 0 saturated heterocycles. The van der Waals surface area contributed by atoms with E-state index in [-0.39, 0.29) is 5.95 Å². The van der Waals surface area contributed by atoms with Gasteiger partial charge in [0.05, 0.1) is 24.4 Å². The van der Waals surface area contributed by atoms with Crippen LogP contribution in [0.15, 0.2) is 48.7 Å². The standard InChI is InChI=1S/C19H18N6O/c1-26-14-5-6-15-11(7-14)3-2-4-12(15)9-22-13-8-16-17(20)24-19(21)25-18(16)23-10-13/h2-8,10,22H,9H2,1H3,(H4,20,21,23,24,25). The molecule has 7 heteroatoms. The Morgan fingerprint density at radius 3 is 2.77 bits per heavy atom. The Hall–Kier alpha value is -3.61. The molecule has 0 radical (unpaired) electrons. The molecule has 0 aliphatic heterocycles. The number of ether oxygens (including phenoxy) is 1. The van der Waals surface area contributed by atoms with Crippen LogP contribution in [0.2, 0.25) is 0 Å². The van der Waals surface area contributed by atoms with Crippen LogP contribution >= 0.6 is 0 Å². The Balaban J connectivity index is 1.63. The van der Waals surface area contributed by atoms with Crippen LogP contribution in [0.25, 0.3) is 21.8 Å². The number of hydrogen-bond donors (Lipinski definition) is 3. The molecule has 26 heavy (non-hydrogen) atoms. The summed E-state index contributed by atoms with van der Waals surface area (Å²) in [5, 5.41) is 6.36. The van der Waals surface area contributed by atoms with Gasteiger partial charge in [0.15, 0.2) is 5.65 Å². The average Bonchev–Trinajstić information content (AvgIpc) is 2.66. The zero-order chi connectivity index (χ0) is 18.1. The number of benzene rings is 2. The molecule has 0 atom stereocenters. The molecule has 0 bridgehead atoms. The summed E-state index contributed by atoms with van der Waals surface area (Å²) in [6, 6.07) is 14.1. The van der Waals surface area contributed by atoms with Crippen LogP contribution in [0.5, 0.6) is 5.75 Å². The van der Waals surface area contributed by atoms with E-state index in [1.165, 1.54) is 10.9 Å². The minimum Gasteiger partial charge on any atom is -0.497 e. The SMILES string of the molecule is COc1ccc2c(CNc3cnc4nc(N)nc(N)c4c3)cccc2c1. The molecule has 2 aromatic carbocycles. The van der Waals surface area contributed by atoms with Crippen LogP contribution < -0.4 is 21.5 Å². The monoisotopic (exact) mass is 346 g/mol. The van der Waals surface area contributed by atoms with Gasteiger partial charge in [-0.15, -0.1) is 0 Å². The molecule has 0 saturated carbocycles. The second kappa shape index (κ2) is 6.36. The first kappa shape index (κ1) is 15.9. The number of anilines is 3. The maximum Gasteiger partial charge on any atom is 0.224 e. The smallest absolute Gasteiger partial charge is 0.224 e. The second-order valence-corrected chi connectivity index (χ2v) is 5.92. The van der Waals surface area contributed by atoms with Gasteiger partial charge in [0.2, 0.25) is 5.95 Å². The van der Waals surface area contributed by atoms with E-state index in [0.29, 0.717) is 23.4 Å². The Morgan fingerprint density at radius 1 is 1.04 bits per heavy atom. The van der Waals surface area contributed by atoms with Crippen LogP contribution in [0.3, 0.4) is 0 Å². The van der Waals surface area contributed by atoms with Crippen molar-refractivity contribution >= 4 is 39.3 Å². The fraction of sp³-hybridized carbons (Fsp3) is 0.105. The van der Waals surface area contributed by atoms with E-state index in [0.717, 1.165) is 16.8 Å². The average molecular weight is 346 g/mol. The molecule has 5 N–H and O–H groups in total. The van der Waals surface area contributed by atoms with Gasteiger partial charge in [-0.25, -0.2) is 4.98 Å². The summed E-state index contributed by atoms with van der Waals surface area (Å²) in [5.74, 6) is 1.28. The summed E-state index contributed by atoms with van der Waals surface area (Å²) < 4.78 is 5.30. The van der Waals surface area contributed by atoms with E-state index < -0.39 is 0 Å². The molecule has 4 aromatic rings. The van der Waals surface area contributed by atoms with Gasteiger partial charge in [-0.1, -0.05) is 24.3 Å². The lowest BCUT2D eigenvalue weighted by atomic mass is 10.0. The number of methoxy groups -OCH3 is 1. The first-order valence-electron chi connectivity index (χ1n) is 8.12. The van der Waals surface area contributed by atoms with Gasteiger partial charge in [-0.2, -0.15) is 9.97 Å². The molecule has 0 amide bonds. The van der Waals surface area contributed by atoms with Crippen molar-refractivity contribution in [1.82, 2.24) is 15.0 Å². The van der Waals surface area contributed by atoms with E-state index >= 15 is 0 Å². The highest BCUT2D eigenvalue weighted by Gasteiger charge is 2.07. The predicted molar refractivity (Wildman–Crippen MR) is 104 cm³/mol. The van der Waals surface area contributed by atoms with E-state index in [9.17, 15) is 0 Å². The van der Waals surface area contributed by atoms with Gasteiger partial charge in [-0.05, 0) is 34.5 Å². The molecule has 0 aliphatic carbocycles. The maximum absolute atomic E-state index is 5.92. The molecule has 2 heterocycles. The number of rotatable bonds is 4. The van der Waals surface area contributed by atoms with E-state index in [1.54, 1.807) is 13.3 Å². The van der Waals surface area contributed by atoms with Crippen molar-refractivity contribution in [1.29, 1.82) is 0 Å². The van der Waals surface area contributed by atoms with Crippen molar-refractivity contribution in [2.24, 2.45) is 0 Å². The molecule has 130 valence electrons. The normalized spacial score (nSPS) is 11.0. The van der Waals surface area contributed by atoms with Crippen molar-refractivity contribution in [2.45, 2.75) is 6.54 Å². The number of fused-ring (bicyclic) bond motifs is 2. The van der Waals surface area contributed by atoms with E-state index in [4.69, 9.17) is 16.2 Å². The Bertz CT molecular complexity index is 1110. The summed E-state index contributed by atoms with van der Waals surface area (Å²) in [6.07, 6.45) is 1.71. The van der Waals surface area contributed by atoms with Gasteiger partial charge in [0.25, 0.3) is 0 Å². The number of nitrogens with zero attached hydrogens (tertiary/aromatic N) is 3. The summed E-state index contributed by atoms with van der Waals surface area (Å²) in [5.41, 5.74) is 14.0. The van der Waals surface area contributed by atoms with Gasteiger partial charge in [-0.3, -0.25) is 0 Å². The van der Waals surface area contributed by atoms with Crippen LogP contribution in [0.4, 0.5) is 17.5 Å². The van der Waals surface area contributed by atoms with Crippen molar-refractivity contribution in [3.63, 3.8) is 0 Å². The maximum atomic E-state index is 5.92. The lowest BCUT2D eigenvalue weighted by Crippen LogP contribution is -2.04. The fourth-order valence-electron chi connectivity index (χ4n) is 2.96. The van der Waals surface area contributed by atoms with Crippen LogP contribution in [0.1, 0.15) is 5.56 Å². The molecule has 4 rings (SSSR count). The molecular formula is C19H18N6O. The minimum absolute atomic E-state index is 0.120. The Kier molecular flexibility index (Phi) is 3.89. The third kappa shape index (κ3) is 2.90. The quantitative estimate of drug-likeness (QED) is 0.521. The summed E-state index contributed by atoms with van der Waals surface area (Å²) >= 11 is 0. The molecule has 0 aliphatic rings. The van der Waals surface area contributed by atoms with E-state index in [1.807, 2.05) is 24.3 Å². The zero-order valence-electron chi connectivity index (χ0n) is 14.2. The first-order valence-corrected chi connectivity index (χ1v) is 8.12. The van der Waals surface area contributed by atoms with Gasteiger partial charge >= 0.3 is 0 Å². The molecular weight excluding hydrogens is 328 g/mol. The van der Waals surface area contributed by atoms with Crippen LogP contribution in [-0.4, -0.2) is 22.1 Å². The van der Waals surface area contributed by atoms with Crippen molar-refractivity contribution in [3.05, 3.63) is 54.2 Å². The third-order valence-electron chi connectivity index (χ3n) is 4.26. The highest BCUT2D eigenvalue weighted by molar-refractivity contribution is 5.89. The van der Waals surface area contributed by atoms with Crippen molar-refractivity contribution in [2.75, 3.05) is 23.9 Å². The lowest BCUT2D eigenvalue weighted by molar-refractivity contribution is 0.415. The summed E-state index contributed by atoms with van der Waals surface area (Å²) in [4.78, 5) is 12.4. The van der Waals surface area contributed by atoms with E-state index in [2.05, 4.69) is 38.5 Å². The highest BCUT2D eigenvalue weighted by Crippen LogP contribution is 2.25. The van der Waals surface area contributed by atoms with Crippen LogP contribution in [-0.2, 0) is 6.54 Å². The van der Waals surface area contributed by atoms with Crippen molar-refractivity contribution in [3.8, 4) is 5.75 Å². The predicted octanol–water partition coefficient (Wildman–Crippen LogP) is 2.96. The Labute approximate surface area is 150 Å². The minimum atomic E-state index is 0.120. The zero-order valence-corrected chi connectivity index (χ0v) is 14.2. The summed E-state index contributed by atoms with van der Waals surface area (Å²) in [7, 11) is 1.67. The number of nitrogen functional groups attached to an aromatic ring is 2. The first-order chi connectivity index (χ1) is 12.6. The van der Waals surface area contributed by atoms with Crippen LogP contribution in [0, 0.1) is 0 Å². The second-order valence-electron chi connectivity index (χ2n) is 5.92. The van der Waals surface area contributed by atoms with Gasteiger partial charge < -0.3 is 21.5 Å². The number of nitrogens with one attached hydrogen (secondary N) is 1. The van der Waals surface area contributed by atoms with Crippen molar-refractivity contribution < 1.29 is 4.74 Å². The third-order valence-corrected chi connectivity index (χ3v) is 4.26. The van der Waals surface area contributed by atoms with Gasteiger partial charge in [0, 0.05) is 6.54 Å². The van der Waals surface area contributed by atoms with Gasteiger partial charge in [0.1, 0.15) is 11.6 Å². The number of nitrogens with two attached hydrogens (primary N) is 2. The molecule has 0 spiro atoms. The molecule has 7 nitrogen and oxygen atoms in total. The lowest BCUT2D eigenvalue weighted by Gasteiger charge is -2.11. The molecule has 0 unspecified atom stereocenters. The number of aromatic nitrogens is 3. The largest absolute Gasteiger partial charge is 0.497 e. The molecule has 2 aromatic heterocycles. The fourth-order valence-corrected chi connectivity index (χ4v) is 2.96.